The van der Waals surface area contributed by atoms with Crippen molar-refractivity contribution < 1.29 is 13.9 Å². The lowest BCUT2D eigenvalue weighted by Crippen LogP contribution is -2.40. The van der Waals surface area contributed by atoms with Gasteiger partial charge in [0.1, 0.15) is 5.60 Å². The van der Waals surface area contributed by atoms with Crippen molar-refractivity contribution in [1.29, 1.82) is 0 Å². The molecule has 0 spiro atoms. The lowest BCUT2D eigenvalue weighted by Gasteiger charge is -2.28. The Labute approximate surface area is 158 Å². The summed E-state index contributed by atoms with van der Waals surface area (Å²) in [5.74, 6) is -0.274. The van der Waals surface area contributed by atoms with Crippen LogP contribution in [0.5, 0.6) is 0 Å². The van der Waals surface area contributed by atoms with E-state index in [1.54, 1.807) is 12.3 Å². The number of rotatable bonds is 2. The summed E-state index contributed by atoms with van der Waals surface area (Å²) in [7, 11) is 0. The Hall–Kier alpha value is -2.50. The Morgan fingerprint density at radius 2 is 2.04 bits per heavy atom. The predicted octanol–water partition coefficient (Wildman–Crippen LogP) is 4.54. The topological polar surface area (TPSA) is 55.3 Å². The van der Waals surface area contributed by atoms with Crippen LogP contribution in [-0.4, -0.2) is 38.6 Å². The fraction of sp³-hybridized carbons (Fsp3) is 0.476. The number of fused-ring (bicyclic) bond motifs is 2. The highest BCUT2D eigenvalue weighted by Crippen LogP contribution is 2.47. The number of carbonyl (C=O) groups excluding carboxylic acids is 1. The van der Waals surface area contributed by atoms with E-state index in [-0.39, 0.29) is 24.1 Å². The molecular weight excluding hydrogens is 345 g/mol. The fourth-order valence-corrected chi connectivity index (χ4v) is 4.35. The molecule has 0 aliphatic carbocycles. The number of amides is 1. The lowest BCUT2D eigenvalue weighted by molar-refractivity contribution is 0.0213. The second-order valence-corrected chi connectivity index (χ2v) is 8.40. The number of carbonyl (C=O) groups is 1. The van der Waals surface area contributed by atoms with Gasteiger partial charge in [0.25, 0.3) is 0 Å². The van der Waals surface area contributed by atoms with E-state index >= 15 is 0 Å². The minimum Gasteiger partial charge on any atom is -0.444 e. The zero-order chi connectivity index (χ0) is 19.2. The molecule has 0 saturated carbocycles. The maximum absolute atomic E-state index is 13.5. The molecule has 3 unspecified atom stereocenters. The smallest absolute Gasteiger partial charge is 0.410 e. The predicted molar refractivity (Wildman–Crippen MR) is 99.7 cm³/mol. The van der Waals surface area contributed by atoms with Crippen LogP contribution in [0.15, 0.2) is 36.8 Å². The second kappa shape index (κ2) is 6.59. The van der Waals surface area contributed by atoms with Gasteiger partial charge in [-0.2, -0.15) is 4.39 Å². The molecule has 2 fully saturated rings. The second-order valence-electron chi connectivity index (χ2n) is 8.40. The molecular formula is C21H24FN3O2. The van der Waals surface area contributed by atoms with E-state index < -0.39 is 11.5 Å². The molecule has 4 heterocycles. The van der Waals surface area contributed by atoms with Gasteiger partial charge in [-0.05, 0) is 63.3 Å². The third kappa shape index (κ3) is 3.53. The maximum Gasteiger partial charge on any atom is 0.410 e. The standard InChI is InChI=1S/C21H24FN3O2/c1-21(2,3)27-20(26)25-16-4-5-18(25)17(10-16)15-8-14(11-23-12-15)13-6-7-24-19(22)9-13/h6-9,11-12,16-18H,4-5,10H2,1-3H3. The van der Waals surface area contributed by atoms with Crippen LogP contribution in [0.3, 0.4) is 0 Å². The van der Waals surface area contributed by atoms with Crippen molar-refractivity contribution in [2.75, 3.05) is 0 Å². The highest BCUT2D eigenvalue weighted by Gasteiger charge is 2.50. The zero-order valence-electron chi connectivity index (χ0n) is 15.9. The largest absolute Gasteiger partial charge is 0.444 e. The Morgan fingerprint density at radius 1 is 1.22 bits per heavy atom. The summed E-state index contributed by atoms with van der Waals surface area (Å²) < 4.78 is 19.1. The molecule has 3 atom stereocenters. The van der Waals surface area contributed by atoms with Gasteiger partial charge in [-0.3, -0.25) is 4.98 Å². The molecule has 2 aromatic rings. The van der Waals surface area contributed by atoms with Crippen molar-refractivity contribution in [3.63, 3.8) is 0 Å². The van der Waals surface area contributed by atoms with Crippen LogP contribution in [0.1, 0.15) is 51.5 Å². The first-order valence-electron chi connectivity index (χ1n) is 9.40. The van der Waals surface area contributed by atoms with Crippen molar-refractivity contribution in [3.8, 4) is 11.1 Å². The van der Waals surface area contributed by atoms with Gasteiger partial charge >= 0.3 is 6.09 Å². The van der Waals surface area contributed by atoms with Crippen molar-refractivity contribution >= 4 is 6.09 Å². The summed E-state index contributed by atoms with van der Waals surface area (Å²) in [5, 5.41) is 0. The van der Waals surface area contributed by atoms with Gasteiger partial charge in [-0.1, -0.05) is 0 Å². The Kier molecular flexibility index (Phi) is 4.36. The third-order valence-electron chi connectivity index (χ3n) is 5.39. The molecule has 4 rings (SSSR count). The molecule has 1 amide bonds. The minimum atomic E-state index is -0.506. The van der Waals surface area contributed by atoms with Crippen LogP contribution < -0.4 is 0 Å². The Bertz CT molecular complexity index is 865. The summed E-state index contributed by atoms with van der Waals surface area (Å²) in [6.45, 7) is 5.67. The molecule has 2 saturated heterocycles. The highest BCUT2D eigenvalue weighted by molar-refractivity contribution is 5.70. The van der Waals surface area contributed by atoms with E-state index in [4.69, 9.17) is 4.74 Å². The number of nitrogens with zero attached hydrogens (tertiary/aromatic N) is 3. The molecule has 27 heavy (non-hydrogen) atoms. The number of halogens is 1. The van der Waals surface area contributed by atoms with Crippen LogP contribution in [-0.2, 0) is 4.74 Å². The lowest BCUT2D eigenvalue weighted by atomic mass is 9.84. The molecule has 0 aromatic carbocycles. The number of hydrogen-bond donors (Lipinski definition) is 0. The quantitative estimate of drug-likeness (QED) is 0.730. The Balaban J connectivity index is 1.58. The van der Waals surface area contributed by atoms with E-state index in [0.717, 1.165) is 36.0 Å². The molecule has 142 valence electrons. The summed E-state index contributed by atoms with van der Waals surface area (Å²) in [5.41, 5.74) is 2.21. The van der Waals surface area contributed by atoms with Gasteiger partial charge in [-0.25, -0.2) is 9.78 Å². The van der Waals surface area contributed by atoms with Crippen LogP contribution in [0, 0.1) is 5.95 Å². The van der Waals surface area contributed by atoms with Crippen LogP contribution in [0.4, 0.5) is 9.18 Å². The van der Waals surface area contributed by atoms with Crippen LogP contribution in [0.2, 0.25) is 0 Å². The molecule has 0 N–H and O–H groups in total. The van der Waals surface area contributed by atoms with Crippen molar-refractivity contribution in [2.45, 2.75) is 63.6 Å². The molecule has 0 radical (unpaired) electrons. The van der Waals surface area contributed by atoms with Gasteiger partial charge < -0.3 is 9.64 Å². The van der Waals surface area contributed by atoms with Crippen LogP contribution in [0.25, 0.3) is 11.1 Å². The average Bonchev–Trinajstić information content (AvgIpc) is 3.19. The van der Waals surface area contributed by atoms with Gasteiger partial charge in [0.2, 0.25) is 5.95 Å². The number of hydrogen-bond acceptors (Lipinski definition) is 4. The summed E-state index contributed by atoms with van der Waals surface area (Å²) >= 11 is 0. The number of aromatic nitrogens is 2. The van der Waals surface area contributed by atoms with E-state index in [9.17, 15) is 9.18 Å². The third-order valence-corrected chi connectivity index (χ3v) is 5.39. The normalized spacial score (nSPS) is 24.3. The first-order valence-corrected chi connectivity index (χ1v) is 9.40. The molecule has 2 aromatic heterocycles. The summed E-state index contributed by atoms with van der Waals surface area (Å²) in [4.78, 5) is 22.6. The van der Waals surface area contributed by atoms with E-state index in [1.165, 1.54) is 12.3 Å². The number of ether oxygens (including phenoxy) is 1. The van der Waals surface area contributed by atoms with Gasteiger partial charge in [0.15, 0.2) is 0 Å². The molecule has 6 heteroatoms. The molecule has 5 nitrogen and oxygen atoms in total. The minimum absolute atomic E-state index is 0.135. The van der Waals surface area contributed by atoms with E-state index in [1.807, 2.05) is 31.9 Å². The SMILES string of the molecule is CC(C)(C)OC(=O)N1C2CCC1C(c1cncc(-c3ccnc(F)c3)c1)C2. The average molecular weight is 369 g/mol. The van der Waals surface area contributed by atoms with Crippen molar-refractivity contribution in [3.05, 3.63) is 48.3 Å². The van der Waals surface area contributed by atoms with Gasteiger partial charge in [0.05, 0.1) is 0 Å². The first-order chi connectivity index (χ1) is 12.8. The number of pyridine rings is 2. The van der Waals surface area contributed by atoms with Crippen LogP contribution >= 0.6 is 0 Å². The monoisotopic (exact) mass is 369 g/mol. The molecule has 2 aliphatic heterocycles. The van der Waals surface area contributed by atoms with Gasteiger partial charge in [0, 0.05) is 48.2 Å². The van der Waals surface area contributed by atoms with Crippen molar-refractivity contribution in [1.82, 2.24) is 14.9 Å². The molecule has 2 bridgehead atoms. The molecule has 2 aliphatic rings. The Morgan fingerprint density at radius 3 is 2.78 bits per heavy atom. The zero-order valence-corrected chi connectivity index (χ0v) is 15.9. The van der Waals surface area contributed by atoms with E-state index in [0.29, 0.717) is 0 Å². The van der Waals surface area contributed by atoms with E-state index in [2.05, 4.69) is 16.0 Å². The highest BCUT2D eigenvalue weighted by atomic mass is 19.1. The summed E-state index contributed by atoms with van der Waals surface area (Å²) in [6.07, 6.45) is 7.74. The summed E-state index contributed by atoms with van der Waals surface area (Å²) in [6, 6.07) is 5.60. The van der Waals surface area contributed by atoms with Crippen molar-refractivity contribution in [2.24, 2.45) is 0 Å². The first kappa shape index (κ1) is 17.9. The maximum atomic E-state index is 13.5. The fourth-order valence-electron chi connectivity index (χ4n) is 4.35. The van der Waals surface area contributed by atoms with Gasteiger partial charge in [-0.15, -0.1) is 0 Å².